The molecule has 2 aliphatic rings. The van der Waals surface area contributed by atoms with E-state index in [1.807, 2.05) is 43.0 Å². The number of cyclic esters (lactones) is 1. The zero-order valence-electron chi connectivity index (χ0n) is 16.8. The van der Waals surface area contributed by atoms with E-state index in [4.69, 9.17) is 10.5 Å². The van der Waals surface area contributed by atoms with Gasteiger partial charge in [-0.05, 0) is 67.1 Å². The largest absolute Gasteiger partial charge is 0.441 e. The lowest BCUT2D eigenvalue weighted by molar-refractivity contribution is 0.0664. The second kappa shape index (κ2) is 7.86. The summed E-state index contributed by atoms with van der Waals surface area (Å²) in [6.07, 6.45) is 5.28. The van der Waals surface area contributed by atoms with Gasteiger partial charge in [0.25, 0.3) is 0 Å². The lowest BCUT2D eigenvalue weighted by Gasteiger charge is -2.38. The van der Waals surface area contributed by atoms with Crippen LogP contribution >= 0.6 is 15.9 Å². The average molecular weight is 459 g/mol. The summed E-state index contributed by atoms with van der Waals surface area (Å²) in [5, 5.41) is 3.47. The van der Waals surface area contributed by atoms with Crippen LogP contribution in [-0.4, -0.2) is 33.7 Å². The molecule has 7 heteroatoms. The van der Waals surface area contributed by atoms with Gasteiger partial charge in [0.05, 0.1) is 11.7 Å². The first-order valence-corrected chi connectivity index (χ1v) is 10.9. The van der Waals surface area contributed by atoms with Crippen LogP contribution in [0.1, 0.15) is 51.1 Å². The summed E-state index contributed by atoms with van der Waals surface area (Å²) in [7, 11) is 0. The van der Waals surface area contributed by atoms with Crippen LogP contribution in [-0.2, 0) is 4.74 Å². The molecule has 4 rings (SSSR count). The van der Waals surface area contributed by atoms with E-state index in [0.29, 0.717) is 11.7 Å². The molecule has 154 valence electrons. The first-order valence-electron chi connectivity index (χ1n) is 10.1. The number of carbonyl (C=O) groups is 1. The van der Waals surface area contributed by atoms with Gasteiger partial charge in [-0.1, -0.05) is 30.3 Å². The normalized spacial score (nSPS) is 26.2. The van der Waals surface area contributed by atoms with Gasteiger partial charge >= 0.3 is 6.09 Å². The molecule has 2 aromatic rings. The van der Waals surface area contributed by atoms with Crippen molar-refractivity contribution < 1.29 is 9.53 Å². The quantitative estimate of drug-likeness (QED) is 0.663. The monoisotopic (exact) mass is 458 g/mol. The lowest BCUT2D eigenvalue weighted by atomic mass is 9.86. The molecule has 6 nitrogen and oxygen atoms in total. The van der Waals surface area contributed by atoms with Gasteiger partial charge in [-0.2, -0.15) is 0 Å². The Kier molecular flexibility index (Phi) is 5.42. The zero-order valence-corrected chi connectivity index (χ0v) is 18.4. The molecule has 1 amide bonds. The van der Waals surface area contributed by atoms with Crippen molar-refractivity contribution in [2.24, 2.45) is 0 Å². The summed E-state index contributed by atoms with van der Waals surface area (Å²) >= 11 is 3.39. The Bertz CT molecular complexity index is 882. The van der Waals surface area contributed by atoms with E-state index in [9.17, 15) is 4.79 Å². The molecule has 1 atom stereocenters. The number of nitrogens with one attached hydrogen (secondary N) is 1. The highest BCUT2D eigenvalue weighted by atomic mass is 79.9. The molecule has 0 radical (unpaired) electrons. The van der Waals surface area contributed by atoms with E-state index in [2.05, 4.69) is 38.4 Å². The number of aromatic nitrogens is 1. The van der Waals surface area contributed by atoms with Crippen LogP contribution in [0.5, 0.6) is 0 Å². The summed E-state index contributed by atoms with van der Waals surface area (Å²) in [5.41, 5.74) is 7.27. The molecule has 2 fully saturated rings. The maximum Gasteiger partial charge on any atom is 0.411 e. The van der Waals surface area contributed by atoms with Crippen LogP contribution in [0.3, 0.4) is 0 Å². The summed E-state index contributed by atoms with van der Waals surface area (Å²) in [6, 6.07) is 12.4. The summed E-state index contributed by atoms with van der Waals surface area (Å²) in [6.45, 7) is 4.00. The van der Waals surface area contributed by atoms with Crippen molar-refractivity contribution in [1.82, 2.24) is 9.88 Å². The first-order chi connectivity index (χ1) is 13.8. The Morgan fingerprint density at radius 1 is 1.21 bits per heavy atom. The number of nitrogens with zero attached hydrogens (tertiary/aromatic N) is 2. The topological polar surface area (TPSA) is 80.5 Å². The van der Waals surface area contributed by atoms with Crippen molar-refractivity contribution in [2.75, 3.05) is 11.1 Å². The fraction of sp³-hybridized carbons (Fsp3) is 0.455. The fourth-order valence-corrected chi connectivity index (χ4v) is 4.95. The van der Waals surface area contributed by atoms with E-state index < -0.39 is 5.60 Å². The molecular weight excluding hydrogens is 432 g/mol. The number of carbonyl (C=O) groups excluding carboxylic acids is 1. The number of anilines is 2. The molecule has 3 N–H and O–H groups in total. The molecule has 1 saturated carbocycles. The molecule has 1 aromatic heterocycles. The van der Waals surface area contributed by atoms with Gasteiger partial charge in [0.1, 0.15) is 11.4 Å². The number of hydrogen-bond donors (Lipinski definition) is 2. The lowest BCUT2D eigenvalue weighted by Crippen LogP contribution is -2.44. The first kappa shape index (κ1) is 20.0. The molecule has 1 aromatic carbocycles. The number of nitrogens with two attached hydrogens (primary N) is 1. The van der Waals surface area contributed by atoms with Crippen molar-refractivity contribution in [3.05, 3.63) is 52.6 Å². The highest BCUT2D eigenvalue weighted by Crippen LogP contribution is 2.44. The van der Waals surface area contributed by atoms with E-state index >= 15 is 0 Å². The van der Waals surface area contributed by atoms with Crippen molar-refractivity contribution >= 4 is 33.5 Å². The van der Waals surface area contributed by atoms with Crippen LogP contribution < -0.4 is 11.1 Å². The number of benzene rings is 1. The minimum atomic E-state index is -0.552. The minimum Gasteiger partial charge on any atom is -0.441 e. The van der Waals surface area contributed by atoms with Gasteiger partial charge in [-0.25, -0.2) is 9.78 Å². The molecule has 0 bridgehead atoms. The standard InChI is InChI=1S/C22H27BrN4O2/c1-22(2)19(14-6-4-3-5-7-14)27(21(28)29-22)17-10-8-16(9-11-17)26-20-18(24)12-15(23)13-25-20/h3-7,12-13,16-17,19H,8-11,24H2,1-2H3,(H,25,26). The van der Waals surface area contributed by atoms with Crippen molar-refractivity contribution in [2.45, 2.75) is 63.3 Å². The molecule has 1 aliphatic heterocycles. The summed E-state index contributed by atoms with van der Waals surface area (Å²) in [4.78, 5) is 19.1. The van der Waals surface area contributed by atoms with Gasteiger partial charge in [0, 0.05) is 22.8 Å². The second-order valence-corrected chi connectivity index (χ2v) is 9.35. The molecule has 0 spiro atoms. The molecule has 1 aliphatic carbocycles. The molecule has 29 heavy (non-hydrogen) atoms. The maximum absolute atomic E-state index is 12.8. The molecular formula is C22H27BrN4O2. The van der Waals surface area contributed by atoms with E-state index in [1.54, 1.807) is 6.20 Å². The fourth-order valence-electron chi connectivity index (χ4n) is 4.60. The summed E-state index contributed by atoms with van der Waals surface area (Å²) < 4.78 is 6.64. The van der Waals surface area contributed by atoms with Crippen molar-refractivity contribution in [3.8, 4) is 0 Å². The van der Waals surface area contributed by atoms with Crippen LogP contribution in [0.15, 0.2) is 47.1 Å². The Labute approximate surface area is 180 Å². The van der Waals surface area contributed by atoms with Crippen molar-refractivity contribution in [3.63, 3.8) is 0 Å². The van der Waals surface area contributed by atoms with Crippen LogP contribution in [0.4, 0.5) is 16.3 Å². The van der Waals surface area contributed by atoms with Crippen LogP contribution in [0, 0.1) is 0 Å². The number of amides is 1. The zero-order chi connectivity index (χ0) is 20.6. The smallest absolute Gasteiger partial charge is 0.411 e. The molecule has 1 saturated heterocycles. The van der Waals surface area contributed by atoms with Gasteiger partial charge in [-0.3, -0.25) is 4.90 Å². The number of rotatable bonds is 4. The number of pyridine rings is 1. The molecule has 2 heterocycles. The van der Waals surface area contributed by atoms with E-state index in [0.717, 1.165) is 41.5 Å². The number of halogens is 1. The minimum absolute atomic E-state index is 0.0745. The van der Waals surface area contributed by atoms with Gasteiger partial charge < -0.3 is 15.8 Å². The Hall–Kier alpha value is -2.28. The van der Waals surface area contributed by atoms with E-state index in [-0.39, 0.29) is 18.2 Å². The Morgan fingerprint density at radius 3 is 2.55 bits per heavy atom. The highest BCUT2D eigenvalue weighted by Gasteiger charge is 2.51. The predicted molar refractivity (Wildman–Crippen MR) is 118 cm³/mol. The number of nitrogen functional groups attached to an aromatic ring is 1. The van der Waals surface area contributed by atoms with Crippen LogP contribution in [0.25, 0.3) is 0 Å². The summed E-state index contributed by atoms with van der Waals surface area (Å²) in [5.74, 6) is 0.723. The number of hydrogen-bond acceptors (Lipinski definition) is 5. The van der Waals surface area contributed by atoms with Gasteiger partial charge in [0.2, 0.25) is 0 Å². The third kappa shape index (κ3) is 4.06. The highest BCUT2D eigenvalue weighted by molar-refractivity contribution is 9.10. The van der Waals surface area contributed by atoms with Gasteiger partial charge in [-0.15, -0.1) is 0 Å². The average Bonchev–Trinajstić information content (AvgIpc) is 2.93. The van der Waals surface area contributed by atoms with E-state index in [1.165, 1.54) is 0 Å². The molecule has 1 unspecified atom stereocenters. The van der Waals surface area contributed by atoms with Gasteiger partial charge in [0.15, 0.2) is 0 Å². The van der Waals surface area contributed by atoms with Crippen LogP contribution in [0.2, 0.25) is 0 Å². The SMILES string of the molecule is CC1(C)OC(=O)N(C2CCC(Nc3ncc(Br)cc3N)CC2)C1c1ccccc1. The Balaban J connectivity index is 1.46. The number of ether oxygens (including phenoxy) is 1. The maximum atomic E-state index is 12.8. The predicted octanol–water partition coefficient (Wildman–Crippen LogP) is 5.12. The second-order valence-electron chi connectivity index (χ2n) is 8.43. The van der Waals surface area contributed by atoms with Crippen molar-refractivity contribution in [1.29, 1.82) is 0 Å². The third-order valence-electron chi connectivity index (χ3n) is 5.93. The Morgan fingerprint density at radius 2 is 1.90 bits per heavy atom. The third-order valence-corrected chi connectivity index (χ3v) is 6.36.